The second-order valence-electron chi connectivity index (χ2n) is 3.69. The Kier molecular flexibility index (Phi) is 4.77. The summed E-state index contributed by atoms with van der Waals surface area (Å²) < 4.78 is 0. The van der Waals surface area contributed by atoms with Crippen molar-refractivity contribution in [3.63, 3.8) is 0 Å². The molecule has 3 nitrogen and oxygen atoms in total. The minimum absolute atomic E-state index is 0.0458. The molecule has 1 N–H and O–H groups in total. The summed E-state index contributed by atoms with van der Waals surface area (Å²) in [6.45, 7) is 4.67. The standard InChI is InChI=1S/C12H16ClNO2/c1-3-14(8-12(15)16)9(2)10-5-4-6-11(13)7-10/h4-7,9H,3,8H2,1-2H3,(H,15,16). The molecular weight excluding hydrogens is 226 g/mol. The van der Waals surface area contributed by atoms with E-state index in [-0.39, 0.29) is 12.6 Å². The van der Waals surface area contributed by atoms with Crippen LogP contribution in [0.4, 0.5) is 0 Å². The van der Waals surface area contributed by atoms with Gasteiger partial charge < -0.3 is 5.11 Å². The number of benzene rings is 1. The fraction of sp³-hybridized carbons (Fsp3) is 0.417. The number of hydrogen-bond acceptors (Lipinski definition) is 2. The number of carboxylic acid groups (broad SMARTS) is 1. The molecule has 0 aliphatic carbocycles. The van der Waals surface area contributed by atoms with Crippen molar-refractivity contribution in [3.05, 3.63) is 34.9 Å². The van der Waals surface area contributed by atoms with Gasteiger partial charge in [-0.3, -0.25) is 9.69 Å². The molecule has 16 heavy (non-hydrogen) atoms. The molecule has 0 saturated carbocycles. The van der Waals surface area contributed by atoms with Crippen molar-refractivity contribution in [3.8, 4) is 0 Å². The van der Waals surface area contributed by atoms with E-state index in [9.17, 15) is 4.79 Å². The van der Waals surface area contributed by atoms with E-state index in [1.54, 1.807) is 0 Å². The SMILES string of the molecule is CCN(CC(=O)O)C(C)c1cccc(Cl)c1. The molecule has 0 amide bonds. The van der Waals surface area contributed by atoms with Gasteiger partial charge in [-0.25, -0.2) is 0 Å². The number of carboxylic acids is 1. The second-order valence-corrected chi connectivity index (χ2v) is 4.12. The summed E-state index contributed by atoms with van der Waals surface area (Å²) in [5, 5.41) is 9.47. The second kappa shape index (κ2) is 5.87. The molecule has 4 heteroatoms. The van der Waals surface area contributed by atoms with Gasteiger partial charge in [-0.15, -0.1) is 0 Å². The Labute approximate surface area is 101 Å². The molecule has 1 aromatic carbocycles. The van der Waals surface area contributed by atoms with Crippen molar-refractivity contribution in [1.29, 1.82) is 0 Å². The molecule has 0 heterocycles. The molecule has 1 rings (SSSR count). The zero-order valence-electron chi connectivity index (χ0n) is 9.48. The van der Waals surface area contributed by atoms with Crippen LogP contribution in [0.15, 0.2) is 24.3 Å². The molecule has 0 aliphatic heterocycles. The summed E-state index contributed by atoms with van der Waals surface area (Å²) in [6.07, 6.45) is 0. The van der Waals surface area contributed by atoms with Crippen LogP contribution >= 0.6 is 11.6 Å². The number of hydrogen-bond donors (Lipinski definition) is 1. The Morgan fingerprint density at radius 3 is 2.75 bits per heavy atom. The molecule has 0 saturated heterocycles. The zero-order valence-corrected chi connectivity index (χ0v) is 10.2. The van der Waals surface area contributed by atoms with Crippen LogP contribution in [-0.4, -0.2) is 29.1 Å². The summed E-state index contributed by atoms with van der Waals surface area (Å²) in [5.74, 6) is -0.810. The topological polar surface area (TPSA) is 40.5 Å². The predicted octanol–water partition coefficient (Wildman–Crippen LogP) is 2.81. The van der Waals surface area contributed by atoms with Gasteiger partial charge in [0.05, 0.1) is 6.54 Å². The molecule has 0 aromatic heterocycles. The van der Waals surface area contributed by atoms with Crippen molar-refractivity contribution in [2.45, 2.75) is 19.9 Å². The maximum Gasteiger partial charge on any atom is 0.317 e. The number of nitrogens with zero attached hydrogens (tertiary/aromatic N) is 1. The van der Waals surface area contributed by atoms with Crippen LogP contribution in [0, 0.1) is 0 Å². The van der Waals surface area contributed by atoms with E-state index >= 15 is 0 Å². The lowest BCUT2D eigenvalue weighted by molar-refractivity contribution is -0.138. The van der Waals surface area contributed by atoms with E-state index in [1.165, 1.54) is 0 Å². The molecule has 0 fully saturated rings. The lowest BCUT2D eigenvalue weighted by Gasteiger charge is -2.26. The number of carbonyl (C=O) groups is 1. The smallest absolute Gasteiger partial charge is 0.317 e. The highest BCUT2D eigenvalue weighted by Crippen LogP contribution is 2.22. The lowest BCUT2D eigenvalue weighted by atomic mass is 10.1. The maximum absolute atomic E-state index is 10.7. The average molecular weight is 242 g/mol. The van der Waals surface area contributed by atoms with Crippen molar-refractivity contribution in [2.24, 2.45) is 0 Å². The lowest BCUT2D eigenvalue weighted by Crippen LogP contribution is -2.32. The van der Waals surface area contributed by atoms with E-state index < -0.39 is 5.97 Å². The quantitative estimate of drug-likeness (QED) is 0.862. The summed E-state index contributed by atoms with van der Waals surface area (Å²) in [4.78, 5) is 12.6. The van der Waals surface area contributed by atoms with Gasteiger partial charge >= 0.3 is 5.97 Å². The van der Waals surface area contributed by atoms with Crippen molar-refractivity contribution in [2.75, 3.05) is 13.1 Å². The number of rotatable bonds is 5. The minimum Gasteiger partial charge on any atom is -0.480 e. The predicted molar refractivity (Wildman–Crippen MR) is 64.7 cm³/mol. The Balaban J connectivity index is 2.82. The van der Waals surface area contributed by atoms with Crippen LogP contribution in [0.2, 0.25) is 5.02 Å². The van der Waals surface area contributed by atoms with Gasteiger partial charge in [0.1, 0.15) is 0 Å². The van der Waals surface area contributed by atoms with E-state index in [4.69, 9.17) is 16.7 Å². The molecule has 1 atom stereocenters. The Morgan fingerprint density at radius 2 is 2.25 bits per heavy atom. The Bertz CT molecular complexity index is 368. The van der Waals surface area contributed by atoms with Gasteiger partial charge in [-0.05, 0) is 31.2 Å². The zero-order chi connectivity index (χ0) is 12.1. The number of halogens is 1. The first-order valence-electron chi connectivity index (χ1n) is 5.26. The van der Waals surface area contributed by atoms with Crippen LogP contribution in [0.1, 0.15) is 25.5 Å². The molecule has 0 radical (unpaired) electrons. The first-order chi connectivity index (χ1) is 7.54. The van der Waals surface area contributed by atoms with Crippen molar-refractivity contribution in [1.82, 2.24) is 4.90 Å². The molecule has 0 bridgehead atoms. The summed E-state index contributed by atoms with van der Waals surface area (Å²) in [7, 11) is 0. The van der Waals surface area contributed by atoms with Gasteiger partial charge in [0, 0.05) is 11.1 Å². The third-order valence-corrected chi connectivity index (χ3v) is 2.86. The van der Waals surface area contributed by atoms with Gasteiger partial charge in [0.15, 0.2) is 0 Å². The van der Waals surface area contributed by atoms with Crippen LogP contribution < -0.4 is 0 Å². The fourth-order valence-corrected chi connectivity index (χ4v) is 1.87. The highest BCUT2D eigenvalue weighted by molar-refractivity contribution is 6.30. The fourth-order valence-electron chi connectivity index (χ4n) is 1.67. The number of aliphatic carboxylic acids is 1. The largest absolute Gasteiger partial charge is 0.480 e. The van der Waals surface area contributed by atoms with E-state index in [0.29, 0.717) is 11.6 Å². The van der Waals surface area contributed by atoms with E-state index in [1.807, 2.05) is 43.0 Å². The summed E-state index contributed by atoms with van der Waals surface area (Å²) in [5.41, 5.74) is 1.04. The summed E-state index contributed by atoms with van der Waals surface area (Å²) >= 11 is 5.91. The first kappa shape index (κ1) is 13.0. The Hall–Kier alpha value is -1.06. The first-order valence-corrected chi connectivity index (χ1v) is 5.63. The third-order valence-electron chi connectivity index (χ3n) is 2.62. The van der Waals surface area contributed by atoms with Crippen LogP contribution in [0.5, 0.6) is 0 Å². The normalized spacial score (nSPS) is 12.8. The number of likely N-dealkylation sites (N-methyl/N-ethyl adjacent to an activating group) is 1. The van der Waals surface area contributed by atoms with Crippen LogP contribution in [0.3, 0.4) is 0 Å². The Morgan fingerprint density at radius 1 is 1.56 bits per heavy atom. The van der Waals surface area contributed by atoms with Gasteiger partial charge in [0.25, 0.3) is 0 Å². The van der Waals surface area contributed by atoms with E-state index in [2.05, 4.69) is 0 Å². The van der Waals surface area contributed by atoms with E-state index in [0.717, 1.165) is 5.56 Å². The molecule has 0 aliphatic rings. The highest BCUT2D eigenvalue weighted by atomic mass is 35.5. The minimum atomic E-state index is -0.810. The van der Waals surface area contributed by atoms with Crippen molar-refractivity contribution >= 4 is 17.6 Å². The molecule has 1 aromatic rings. The molecule has 88 valence electrons. The van der Waals surface area contributed by atoms with Crippen LogP contribution in [-0.2, 0) is 4.79 Å². The average Bonchev–Trinajstić information content (AvgIpc) is 2.24. The monoisotopic (exact) mass is 241 g/mol. The molecule has 0 spiro atoms. The van der Waals surface area contributed by atoms with Gasteiger partial charge in [-0.1, -0.05) is 30.7 Å². The van der Waals surface area contributed by atoms with Crippen LogP contribution in [0.25, 0.3) is 0 Å². The maximum atomic E-state index is 10.7. The summed E-state index contributed by atoms with van der Waals surface area (Å²) in [6, 6.07) is 7.58. The molecule has 1 unspecified atom stereocenters. The molecular formula is C12H16ClNO2. The third kappa shape index (κ3) is 3.51. The van der Waals surface area contributed by atoms with Crippen molar-refractivity contribution < 1.29 is 9.90 Å². The van der Waals surface area contributed by atoms with Gasteiger partial charge in [-0.2, -0.15) is 0 Å². The highest BCUT2D eigenvalue weighted by Gasteiger charge is 2.16. The van der Waals surface area contributed by atoms with Gasteiger partial charge in [0.2, 0.25) is 0 Å².